The lowest BCUT2D eigenvalue weighted by Crippen LogP contribution is -2.67. The number of aryl methyl sites for hydroxylation is 1. The van der Waals surface area contributed by atoms with Gasteiger partial charge < -0.3 is 26.5 Å². The smallest absolute Gasteiger partial charge is 0.408 e. The molecule has 0 saturated carbocycles. The van der Waals surface area contributed by atoms with Crippen LogP contribution < -0.4 is 16.4 Å². The van der Waals surface area contributed by atoms with Crippen LogP contribution in [-0.2, 0) is 33.8 Å². The van der Waals surface area contributed by atoms with E-state index in [9.17, 15) is 37.5 Å². The lowest BCUT2D eigenvalue weighted by molar-refractivity contribution is -0.139. The summed E-state index contributed by atoms with van der Waals surface area (Å²) in [4.78, 5) is 57.5. The average molecular weight is 678 g/mol. The summed E-state index contributed by atoms with van der Waals surface area (Å²) in [5.74, 6) is -5.73. The van der Waals surface area contributed by atoms with Gasteiger partial charge in [-0.05, 0) is 60.1 Å². The van der Waals surface area contributed by atoms with Crippen LogP contribution in [0.2, 0.25) is 5.02 Å². The number of benzene rings is 2. The number of hydrogen-bond donors (Lipinski definition) is 5. The fraction of sp³-hybridized carbons (Fsp3) is 0.455. The number of aromatic amines is 1. The fourth-order valence-electron chi connectivity index (χ4n) is 6.26. The topological polar surface area (TPSA) is 158 Å². The number of H-pyrrole nitrogens is 1. The summed E-state index contributed by atoms with van der Waals surface area (Å²) in [5, 5.41) is 16.3. The van der Waals surface area contributed by atoms with Crippen LogP contribution in [0, 0.1) is 29.3 Å². The Bertz CT molecular complexity index is 1680. The van der Waals surface area contributed by atoms with Gasteiger partial charge in [0.15, 0.2) is 0 Å². The third kappa shape index (κ3) is 7.50. The molecule has 1 aliphatic carbocycles. The maximum absolute atomic E-state index is 14.5. The van der Waals surface area contributed by atoms with E-state index < -0.39 is 71.4 Å². The number of halogens is 4. The largest absolute Gasteiger partial charge is 0.465 e. The van der Waals surface area contributed by atoms with Crippen LogP contribution in [0.3, 0.4) is 0 Å². The van der Waals surface area contributed by atoms with Gasteiger partial charge in [0, 0.05) is 23.6 Å². The van der Waals surface area contributed by atoms with Crippen molar-refractivity contribution < 1.29 is 37.5 Å². The second-order valence-electron chi connectivity index (χ2n) is 12.4. The van der Waals surface area contributed by atoms with E-state index in [1.54, 1.807) is 20.8 Å². The lowest BCUT2D eigenvalue weighted by atomic mass is 9.78. The molecule has 0 radical (unpaired) electrons. The number of nitrogens with one attached hydrogen (secondary N) is 3. The van der Waals surface area contributed by atoms with Crippen LogP contribution in [0.1, 0.15) is 63.8 Å². The highest BCUT2D eigenvalue weighted by Gasteiger charge is 2.47. The molecule has 4 amide bonds. The lowest BCUT2D eigenvalue weighted by Gasteiger charge is -2.41. The Morgan fingerprint density at radius 3 is 2.21 bits per heavy atom. The number of carbonyl (C=O) groups is 4. The Labute approximate surface area is 275 Å². The Kier molecular flexibility index (Phi) is 10.8. The Balaban J connectivity index is 1.80. The molecule has 3 aromatic rings. The van der Waals surface area contributed by atoms with Gasteiger partial charge in [-0.25, -0.2) is 18.0 Å². The summed E-state index contributed by atoms with van der Waals surface area (Å²) < 4.78 is 42.5. The minimum Gasteiger partial charge on any atom is -0.465 e. The number of primary amides is 1. The van der Waals surface area contributed by atoms with Gasteiger partial charge >= 0.3 is 6.09 Å². The molecule has 2 aromatic carbocycles. The second kappa shape index (κ2) is 14.2. The summed E-state index contributed by atoms with van der Waals surface area (Å²) in [6.45, 7) is 6.44. The van der Waals surface area contributed by atoms with E-state index in [1.165, 1.54) is 6.07 Å². The maximum Gasteiger partial charge on any atom is 0.408 e. The van der Waals surface area contributed by atoms with Crippen LogP contribution in [0.25, 0.3) is 10.9 Å². The monoisotopic (exact) mass is 677 g/mol. The molecule has 0 saturated heterocycles. The highest BCUT2D eigenvalue weighted by Crippen LogP contribution is 2.38. The molecular weight excluding hydrogens is 639 g/mol. The molecule has 2 unspecified atom stereocenters. The van der Waals surface area contributed by atoms with Gasteiger partial charge in [0.05, 0.1) is 17.1 Å². The quantitative estimate of drug-likeness (QED) is 0.178. The van der Waals surface area contributed by atoms with Crippen LogP contribution in [0.5, 0.6) is 0 Å². The molecule has 4 rings (SSSR count). The first-order valence-corrected chi connectivity index (χ1v) is 15.8. The van der Waals surface area contributed by atoms with Gasteiger partial charge in [0.25, 0.3) is 0 Å². The number of carbonyl (C=O) groups excluding carboxylic acids is 3. The minimum atomic E-state index is -1.74. The summed E-state index contributed by atoms with van der Waals surface area (Å²) in [6.07, 6.45) is -0.610. The number of hydrogen-bond acceptors (Lipinski definition) is 4. The molecule has 5 atom stereocenters. The van der Waals surface area contributed by atoms with Gasteiger partial charge in [-0.15, -0.1) is 0 Å². The maximum atomic E-state index is 14.5. The van der Waals surface area contributed by atoms with Crippen LogP contribution in [0.15, 0.2) is 30.3 Å². The summed E-state index contributed by atoms with van der Waals surface area (Å²) in [7, 11) is 0. The van der Waals surface area contributed by atoms with Crippen LogP contribution in [-0.4, -0.2) is 56.4 Å². The van der Waals surface area contributed by atoms with E-state index in [0.29, 0.717) is 41.1 Å². The van der Waals surface area contributed by atoms with Crippen molar-refractivity contribution in [2.75, 3.05) is 0 Å². The van der Waals surface area contributed by atoms with E-state index in [4.69, 9.17) is 17.3 Å². The normalized spacial score (nSPS) is 18.5. The number of nitrogens with two attached hydrogens (primary N) is 1. The van der Waals surface area contributed by atoms with E-state index in [0.717, 1.165) is 23.1 Å². The predicted octanol–water partition coefficient (Wildman–Crippen LogP) is 5.19. The minimum absolute atomic E-state index is 0.0173. The van der Waals surface area contributed by atoms with Crippen LogP contribution in [0.4, 0.5) is 18.0 Å². The molecular formula is C33H39ClF3N5O5. The first-order valence-electron chi connectivity index (χ1n) is 15.5. The zero-order valence-corrected chi connectivity index (χ0v) is 27.3. The molecule has 6 N–H and O–H groups in total. The molecule has 0 spiro atoms. The molecule has 1 aromatic heterocycles. The molecule has 1 heterocycles. The van der Waals surface area contributed by atoms with Crippen molar-refractivity contribution in [3.8, 4) is 0 Å². The molecule has 254 valence electrons. The summed E-state index contributed by atoms with van der Waals surface area (Å²) in [6, 6.07) is 2.54. The third-order valence-electron chi connectivity index (χ3n) is 9.21. The fourth-order valence-corrected chi connectivity index (χ4v) is 6.51. The zero-order chi connectivity index (χ0) is 34.8. The molecule has 0 fully saturated rings. The number of amides is 4. The first-order chi connectivity index (χ1) is 22.1. The van der Waals surface area contributed by atoms with E-state index in [1.807, 2.05) is 6.92 Å². The Morgan fingerprint density at radius 2 is 1.64 bits per heavy atom. The number of aromatic nitrogens is 1. The molecule has 0 aliphatic heterocycles. The highest BCUT2D eigenvalue weighted by atomic mass is 35.5. The van der Waals surface area contributed by atoms with Crippen molar-refractivity contribution in [1.29, 1.82) is 0 Å². The molecule has 14 heteroatoms. The molecule has 47 heavy (non-hydrogen) atoms. The summed E-state index contributed by atoms with van der Waals surface area (Å²) in [5.41, 5.74) is 5.55. The van der Waals surface area contributed by atoms with Crippen molar-refractivity contribution in [2.24, 2.45) is 17.6 Å². The molecule has 0 bridgehead atoms. The van der Waals surface area contributed by atoms with Crippen molar-refractivity contribution >= 4 is 46.3 Å². The zero-order valence-electron chi connectivity index (χ0n) is 26.6. The standard InChI is InChI=1S/C33H39ClF3N5O5/c1-5-16(3)26(29(38)43)40-31(45)33(8-7-25-23(14-33)22-12-21(37)13-24(34)27(22)39-25)41-30(44)28(17(4)6-2)42(32(46)47)15-18-9-19(35)11-20(36)10-18/h9-13,16-17,26,28,39H,5-8,14-15H2,1-4H3,(H2,38,43)(H,40,45)(H,41,44)(H,46,47)/t16-,17-,26?,28?,33+/m0/s1. The number of rotatable bonds is 12. The van der Waals surface area contributed by atoms with E-state index in [2.05, 4.69) is 15.6 Å². The van der Waals surface area contributed by atoms with Gasteiger partial charge in [-0.1, -0.05) is 52.1 Å². The second-order valence-corrected chi connectivity index (χ2v) is 12.8. The Morgan fingerprint density at radius 1 is 1.02 bits per heavy atom. The van der Waals surface area contributed by atoms with Gasteiger partial charge in [-0.2, -0.15) is 0 Å². The van der Waals surface area contributed by atoms with Crippen molar-refractivity contribution in [1.82, 2.24) is 20.5 Å². The van der Waals surface area contributed by atoms with E-state index in [-0.39, 0.29) is 35.8 Å². The summed E-state index contributed by atoms with van der Waals surface area (Å²) >= 11 is 6.32. The average Bonchev–Trinajstić information content (AvgIpc) is 3.35. The van der Waals surface area contributed by atoms with Crippen molar-refractivity contribution in [2.45, 2.75) is 84.0 Å². The molecule has 1 aliphatic rings. The third-order valence-corrected chi connectivity index (χ3v) is 9.51. The van der Waals surface area contributed by atoms with Crippen LogP contribution >= 0.6 is 11.6 Å². The van der Waals surface area contributed by atoms with Crippen molar-refractivity contribution in [3.63, 3.8) is 0 Å². The number of fused-ring (bicyclic) bond motifs is 3. The number of carboxylic acid groups (broad SMARTS) is 1. The first kappa shape index (κ1) is 35.6. The highest BCUT2D eigenvalue weighted by molar-refractivity contribution is 6.35. The van der Waals surface area contributed by atoms with Crippen molar-refractivity contribution in [3.05, 3.63) is 69.6 Å². The SMILES string of the molecule is CC[C@H](C)C(NC(=O)[C@@]1(NC(=O)C([C@@H](C)CC)N(Cc2cc(F)cc(F)c2)C(=O)O)CCc2[nH]c3c(Cl)cc(F)cc3c2C1)C(N)=O. The molecule has 10 nitrogen and oxygen atoms in total. The van der Waals surface area contributed by atoms with Gasteiger partial charge in [0.2, 0.25) is 17.7 Å². The Hall–Kier alpha value is -4.26. The van der Waals surface area contributed by atoms with Gasteiger partial charge in [-0.3, -0.25) is 19.3 Å². The predicted molar refractivity (Wildman–Crippen MR) is 170 cm³/mol. The van der Waals surface area contributed by atoms with E-state index >= 15 is 0 Å². The van der Waals surface area contributed by atoms with Gasteiger partial charge in [0.1, 0.15) is 35.1 Å². The number of nitrogens with zero attached hydrogens (tertiary/aromatic N) is 1.